The minimum atomic E-state index is 0.541. The molecule has 2 N–H and O–H groups in total. The van der Waals surface area contributed by atoms with Gasteiger partial charge in [-0.15, -0.1) is 0 Å². The van der Waals surface area contributed by atoms with Crippen LogP contribution in [0.5, 0.6) is 11.5 Å². The minimum Gasteiger partial charge on any atom is -0.493 e. The Morgan fingerprint density at radius 2 is 1.86 bits per heavy atom. The van der Waals surface area contributed by atoms with Gasteiger partial charge in [-0.25, -0.2) is 0 Å². The molecule has 0 unspecified atom stereocenters. The van der Waals surface area contributed by atoms with Gasteiger partial charge in [0, 0.05) is 17.8 Å². The molecule has 0 aliphatic heterocycles. The largest absolute Gasteiger partial charge is 0.493 e. The summed E-state index contributed by atoms with van der Waals surface area (Å²) in [5.74, 6) is 3.15. The van der Waals surface area contributed by atoms with Crippen molar-refractivity contribution >= 4 is 23.0 Å². The van der Waals surface area contributed by atoms with Gasteiger partial charge >= 0.3 is 0 Å². The highest BCUT2D eigenvalue weighted by molar-refractivity contribution is 7.80. The van der Waals surface area contributed by atoms with E-state index < -0.39 is 0 Å². The van der Waals surface area contributed by atoms with E-state index in [1.54, 1.807) is 14.2 Å². The molecule has 0 radical (unpaired) electrons. The molecule has 1 aromatic rings. The van der Waals surface area contributed by atoms with Crippen molar-refractivity contribution in [2.24, 2.45) is 11.8 Å². The van der Waals surface area contributed by atoms with Crippen LogP contribution in [0.25, 0.3) is 0 Å². The number of anilines is 1. The number of methoxy groups -OCH3 is 2. The van der Waals surface area contributed by atoms with E-state index >= 15 is 0 Å². The number of nitrogens with one attached hydrogen (secondary N) is 2. The zero-order valence-electron chi connectivity index (χ0n) is 13.4. The van der Waals surface area contributed by atoms with Crippen LogP contribution >= 0.6 is 12.2 Å². The molecule has 1 aromatic carbocycles. The number of benzene rings is 1. The number of aryl methyl sites for hydroxylation is 1. The first-order valence-corrected chi connectivity index (χ1v) is 8.31. The van der Waals surface area contributed by atoms with Crippen LogP contribution < -0.4 is 20.1 Å². The molecule has 3 rings (SSSR count). The van der Waals surface area contributed by atoms with E-state index in [1.807, 2.05) is 19.1 Å². The zero-order valence-corrected chi connectivity index (χ0v) is 14.3. The van der Waals surface area contributed by atoms with E-state index in [0.717, 1.165) is 28.8 Å². The molecule has 3 atom stereocenters. The summed E-state index contributed by atoms with van der Waals surface area (Å²) in [7, 11) is 3.29. The van der Waals surface area contributed by atoms with Crippen LogP contribution in [-0.4, -0.2) is 25.4 Å². The Labute approximate surface area is 137 Å². The number of hydrogen-bond acceptors (Lipinski definition) is 3. The number of ether oxygens (including phenoxy) is 2. The van der Waals surface area contributed by atoms with Crippen molar-refractivity contribution in [2.75, 3.05) is 19.5 Å². The van der Waals surface area contributed by atoms with Crippen LogP contribution in [0.2, 0.25) is 0 Å². The van der Waals surface area contributed by atoms with Gasteiger partial charge in [-0.3, -0.25) is 0 Å². The Hall–Kier alpha value is -1.49. The first-order valence-electron chi connectivity index (χ1n) is 7.91. The van der Waals surface area contributed by atoms with Crippen molar-refractivity contribution in [3.8, 4) is 11.5 Å². The van der Waals surface area contributed by atoms with Crippen LogP contribution in [-0.2, 0) is 0 Å². The molecule has 0 amide bonds. The van der Waals surface area contributed by atoms with Crippen LogP contribution in [0.3, 0.4) is 0 Å². The average Bonchev–Trinajstić information content (AvgIpc) is 3.11. The molecule has 120 valence electrons. The molecule has 2 saturated carbocycles. The third kappa shape index (κ3) is 3.00. The molecule has 0 saturated heterocycles. The summed E-state index contributed by atoms with van der Waals surface area (Å²) in [5.41, 5.74) is 2.04. The van der Waals surface area contributed by atoms with Crippen molar-refractivity contribution in [3.05, 3.63) is 17.7 Å². The molecule has 2 aliphatic rings. The predicted molar refractivity (Wildman–Crippen MR) is 92.9 cm³/mol. The molecule has 2 bridgehead atoms. The summed E-state index contributed by atoms with van der Waals surface area (Å²) in [6.07, 6.45) is 5.38. The molecule has 5 heteroatoms. The first kappa shape index (κ1) is 15.4. The van der Waals surface area contributed by atoms with Crippen LogP contribution in [0.1, 0.15) is 31.2 Å². The highest BCUT2D eigenvalue weighted by Crippen LogP contribution is 2.44. The lowest BCUT2D eigenvalue weighted by Crippen LogP contribution is -2.40. The molecule has 4 nitrogen and oxygen atoms in total. The summed E-state index contributed by atoms with van der Waals surface area (Å²) in [4.78, 5) is 0. The van der Waals surface area contributed by atoms with Crippen molar-refractivity contribution in [2.45, 2.75) is 38.6 Å². The number of hydrogen-bond donors (Lipinski definition) is 2. The Morgan fingerprint density at radius 3 is 2.45 bits per heavy atom. The number of thiocarbonyl (C=S) groups is 1. The van der Waals surface area contributed by atoms with Crippen molar-refractivity contribution in [3.63, 3.8) is 0 Å². The fourth-order valence-corrected chi connectivity index (χ4v) is 4.12. The second-order valence-corrected chi connectivity index (χ2v) is 6.81. The Bertz CT molecular complexity index is 576. The molecular weight excluding hydrogens is 296 g/mol. The molecule has 2 fully saturated rings. The van der Waals surface area contributed by atoms with Crippen molar-refractivity contribution < 1.29 is 9.47 Å². The van der Waals surface area contributed by atoms with Gasteiger partial charge < -0.3 is 20.1 Å². The smallest absolute Gasteiger partial charge is 0.171 e. The molecule has 0 spiro atoms. The molecule has 2 aliphatic carbocycles. The number of rotatable bonds is 4. The van der Waals surface area contributed by atoms with Gasteiger partial charge in [-0.05, 0) is 61.9 Å². The summed E-state index contributed by atoms with van der Waals surface area (Å²) < 4.78 is 10.7. The second kappa shape index (κ2) is 6.32. The lowest BCUT2D eigenvalue weighted by molar-refractivity contribution is 0.355. The Morgan fingerprint density at radius 1 is 1.14 bits per heavy atom. The maximum absolute atomic E-state index is 5.49. The van der Waals surface area contributed by atoms with E-state index in [-0.39, 0.29) is 0 Å². The van der Waals surface area contributed by atoms with E-state index in [9.17, 15) is 0 Å². The second-order valence-electron chi connectivity index (χ2n) is 6.40. The minimum absolute atomic E-state index is 0.541. The maximum Gasteiger partial charge on any atom is 0.171 e. The van der Waals surface area contributed by atoms with Crippen molar-refractivity contribution in [1.82, 2.24) is 5.32 Å². The van der Waals surface area contributed by atoms with Crippen LogP contribution in [0, 0.1) is 18.8 Å². The molecule has 22 heavy (non-hydrogen) atoms. The standard InChI is InChI=1S/C17H24N2O2S/c1-10-6-15(20-2)16(21-3)9-13(10)18-17(22)19-14-8-11-4-5-12(14)7-11/h6,9,11-12,14H,4-5,7-8H2,1-3H3,(H2,18,19,22)/t11-,12-,14-/m0/s1. The van der Waals surface area contributed by atoms with E-state index in [0.29, 0.717) is 16.9 Å². The monoisotopic (exact) mass is 320 g/mol. The van der Waals surface area contributed by atoms with Crippen LogP contribution in [0.4, 0.5) is 5.69 Å². The highest BCUT2D eigenvalue weighted by atomic mass is 32.1. The highest BCUT2D eigenvalue weighted by Gasteiger charge is 2.39. The third-order valence-corrected chi connectivity index (χ3v) is 5.25. The summed E-state index contributed by atoms with van der Waals surface area (Å²) in [5, 5.41) is 7.51. The Balaban J connectivity index is 1.66. The Kier molecular flexibility index (Phi) is 4.43. The topological polar surface area (TPSA) is 42.5 Å². The van der Waals surface area contributed by atoms with Crippen LogP contribution in [0.15, 0.2) is 12.1 Å². The van der Waals surface area contributed by atoms with E-state index in [1.165, 1.54) is 25.7 Å². The first-order chi connectivity index (χ1) is 10.6. The molecular formula is C17H24N2O2S. The van der Waals surface area contributed by atoms with E-state index in [2.05, 4.69) is 10.6 Å². The lowest BCUT2D eigenvalue weighted by Gasteiger charge is -2.25. The SMILES string of the molecule is COc1cc(C)c(NC(=S)N[C@H]2C[C@H]3CC[C@H]2C3)cc1OC. The predicted octanol–water partition coefficient (Wildman–Crippen LogP) is 3.49. The fourth-order valence-electron chi connectivity index (χ4n) is 3.86. The molecule has 0 aromatic heterocycles. The van der Waals surface area contributed by atoms with E-state index in [4.69, 9.17) is 21.7 Å². The van der Waals surface area contributed by atoms with Gasteiger partial charge in [-0.2, -0.15) is 0 Å². The molecule has 0 heterocycles. The third-order valence-electron chi connectivity index (χ3n) is 5.03. The van der Waals surface area contributed by atoms with Gasteiger partial charge in [0.1, 0.15) is 0 Å². The summed E-state index contributed by atoms with van der Waals surface area (Å²) >= 11 is 5.49. The average molecular weight is 320 g/mol. The maximum atomic E-state index is 5.49. The quantitative estimate of drug-likeness (QED) is 0.831. The normalized spacial score (nSPS) is 25.9. The van der Waals surface area contributed by atoms with Crippen molar-refractivity contribution in [1.29, 1.82) is 0 Å². The van der Waals surface area contributed by atoms with Gasteiger partial charge in [0.05, 0.1) is 14.2 Å². The lowest BCUT2D eigenvalue weighted by atomic mass is 9.95. The number of fused-ring (bicyclic) bond motifs is 2. The van der Waals surface area contributed by atoms with Gasteiger partial charge in [-0.1, -0.05) is 6.42 Å². The zero-order chi connectivity index (χ0) is 15.7. The summed E-state index contributed by atoms with van der Waals surface area (Å²) in [6, 6.07) is 4.43. The van der Waals surface area contributed by atoms with Gasteiger partial charge in [0.25, 0.3) is 0 Å². The summed E-state index contributed by atoms with van der Waals surface area (Å²) in [6.45, 7) is 2.03. The fraction of sp³-hybridized carbons (Fsp3) is 0.588. The van der Waals surface area contributed by atoms with Gasteiger partial charge in [0.15, 0.2) is 16.6 Å². The van der Waals surface area contributed by atoms with Gasteiger partial charge in [0.2, 0.25) is 0 Å².